The standard InChI is InChI=1S/C22H15BrFNO2/c1-27-21-19(14-6-3-2-4-7-14)20-17(23)8-5-9-18(20)25(22(21)26)16-12-10-15(24)11-13-16/h2-13H,1H3. The van der Waals surface area contributed by atoms with E-state index >= 15 is 0 Å². The molecule has 0 fully saturated rings. The lowest BCUT2D eigenvalue weighted by atomic mass is 9.99. The number of ether oxygens (including phenoxy) is 1. The molecule has 5 heteroatoms. The van der Waals surface area contributed by atoms with Crippen molar-refractivity contribution in [2.45, 2.75) is 0 Å². The molecule has 0 bridgehead atoms. The monoisotopic (exact) mass is 423 g/mol. The number of pyridine rings is 1. The van der Waals surface area contributed by atoms with E-state index in [-0.39, 0.29) is 17.1 Å². The lowest BCUT2D eigenvalue weighted by Gasteiger charge is -2.18. The van der Waals surface area contributed by atoms with Gasteiger partial charge in [-0.3, -0.25) is 9.36 Å². The zero-order valence-corrected chi connectivity index (χ0v) is 16.0. The molecule has 0 N–H and O–H groups in total. The molecule has 0 aliphatic rings. The highest BCUT2D eigenvalue weighted by Crippen LogP contribution is 2.39. The Morgan fingerprint density at radius 3 is 2.30 bits per heavy atom. The van der Waals surface area contributed by atoms with Gasteiger partial charge in [0.15, 0.2) is 5.75 Å². The SMILES string of the molecule is COc1c(-c2ccccc2)c2c(Br)cccc2n(-c2ccc(F)cc2)c1=O. The number of benzene rings is 3. The molecular formula is C22H15BrFNO2. The second-order valence-corrected chi connectivity index (χ2v) is 6.88. The first kappa shape index (κ1) is 17.5. The van der Waals surface area contributed by atoms with Crippen molar-refractivity contribution in [3.8, 4) is 22.6 Å². The van der Waals surface area contributed by atoms with Crippen LogP contribution in [-0.4, -0.2) is 11.7 Å². The van der Waals surface area contributed by atoms with Crippen LogP contribution in [-0.2, 0) is 0 Å². The van der Waals surface area contributed by atoms with E-state index in [1.54, 1.807) is 16.7 Å². The Kier molecular flexibility index (Phi) is 4.54. The first-order chi connectivity index (χ1) is 13.1. The van der Waals surface area contributed by atoms with Crippen molar-refractivity contribution in [2.24, 2.45) is 0 Å². The van der Waals surface area contributed by atoms with Gasteiger partial charge in [0.05, 0.1) is 12.6 Å². The fourth-order valence-corrected chi connectivity index (χ4v) is 3.85. The maximum absolute atomic E-state index is 13.4. The molecule has 4 rings (SSSR count). The highest BCUT2D eigenvalue weighted by molar-refractivity contribution is 9.10. The van der Waals surface area contributed by atoms with Crippen LogP contribution in [0.4, 0.5) is 4.39 Å². The summed E-state index contributed by atoms with van der Waals surface area (Å²) in [5.74, 6) is -0.116. The van der Waals surface area contributed by atoms with Gasteiger partial charge in [0.1, 0.15) is 5.82 Å². The van der Waals surface area contributed by atoms with E-state index in [4.69, 9.17) is 4.74 Å². The van der Waals surface area contributed by atoms with Gasteiger partial charge in [-0.1, -0.05) is 52.3 Å². The third-order valence-electron chi connectivity index (χ3n) is 4.46. The van der Waals surface area contributed by atoms with Crippen LogP contribution in [0.3, 0.4) is 0 Å². The van der Waals surface area contributed by atoms with Crippen molar-refractivity contribution in [1.29, 1.82) is 0 Å². The number of methoxy groups -OCH3 is 1. The Balaban J connectivity index is 2.20. The molecule has 3 aromatic carbocycles. The lowest BCUT2D eigenvalue weighted by molar-refractivity contribution is 0.409. The molecule has 0 aliphatic carbocycles. The number of rotatable bonds is 3. The fraction of sp³-hybridized carbons (Fsp3) is 0.0455. The van der Waals surface area contributed by atoms with Crippen LogP contribution in [0, 0.1) is 5.82 Å². The van der Waals surface area contributed by atoms with Crippen LogP contribution >= 0.6 is 15.9 Å². The average Bonchev–Trinajstić information content (AvgIpc) is 2.69. The fourth-order valence-electron chi connectivity index (χ4n) is 3.29. The summed E-state index contributed by atoms with van der Waals surface area (Å²) in [6.45, 7) is 0. The summed E-state index contributed by atoms with van der Waals surface area (Å²) in [6, 6.07) is 21.1. The van der Waals surface area contributed by atoms with E-state index in [2.05, 4.69) is 15.9 Å². The molecule has 0 spiro atoms. The summed E-state index contributed by atoms with van der Waals surface area (Å²) in [7, 11) is 1.49. The third-order valence-corrected chi connectivity index (χ3v) is 5.12. The normalized spacial score (nSPS) is 10.9. The van der Waals surface area contributed by atoms with E-state index in [1.165, 1.54) is 19.2 Å². The molecule has 27 heavy (non-hydrogen) atoms. The maximum Gasteiger partial charge on any atom is 0.298 e. The molecule has 1 aromatic heterocycles. The number of hydrogen-bond acceptors (Lipinski definition) is 2. The predicted octanol–water partition coefficient (Wildman–Crippen LogP) is 5.57. The van der Waals surface area contributed by atoms with Crippen molar-refractivity contribution in [2.75, 3.05) is 7.11 Å². The Labute approximate surface area is 163 Å². The first-order valence-corrected chi connectivity index (χ1v) is 9.13. The van der Waals surface area contributed by atoms with Gasteiger partial charge in [-0.05, 0) is 42.0 Å². The van der Waals surface area contributed by atoms with Crippen LogP contribution in [0.5, 0.6) is 5.75 Å². The molecule has 0 amide bonds. The van der Waals surface area contributed by atoms with Gasteiger partial charge >= 0.3 is 0 Å². The molecule has 0 saturated carbocycles. The number of hydrogen-bond donors (Lipinski definition) is 0. The summed E-state index contributed by atoms with van der Waals surface area (Å²) < 4.78 is 21.3. The first-order valence-electron chi connectivity index (χ1n) is 8.34. The summed E-state index contributed by atoms with van der Waals surface area (Å²) in [5.41, 5.74) is 2.59. The van der Waals surface area contributed by atoms with Crippen LogP contribution in [0.1, 0.15) is 0 Å². The minimum absolute atomic E-state index is 0.241. The van der Waals surface area contributed by atoms with Crippen LogP contribution in [0.2, 0.25) is 0 Å². The summed E-state index contributed by atoms with van der Waals surface area (Å²) in [4.78, 5) is 13.3. The topological polar surface area (TPSA) is 31.2 Å². The van der Waals surface area contributed by atoms with Gasteiger partial charge < -0.3 is 4.74 Å². The van der Waals surface area contributed by atoms with Crippen molar-refractivity contribution in [3.05, 3.63) is 93.4 Å². The average molecular weight is 424 g/mol. The van der Waals surface area contributed by atoms with Crippen LogP contribution in [0.25, 0.3) is 27.7 Å². The van der Waals surface area contributed by atoms with E-state index in [1.807, 2.05) is 48.5 Å². The molecule has 0 radical (unpaired) electrons. The lowest BCUT2D eigenvalue weighted by Crippen LogP contribution is -2.21. The van der Waals surface area contributed by atoms with Gasteiger partial charge in [-0.15, -0.1) is 0 Å². The second kappa shape index (κ2) is 7.00. The Morgan fingerprint density at radius 1 is 0.926 bits per heavy atom. The number of fused-ring (bicyclic) bond motifs is 1. The largest absolute Gasteiger partial charge is 0.491 e. The Bertz CT molecular complexity index is 1190. The molecule has 4 aromatic rings. The summed E-state index contributed by atoms with van der Waals surface area (Å²) in [6.07, 6.45) is 0. The second-order valence-electron chi connectivity index (χ2n) is 6.03. The van der Waals surface area contributed by atoms with Crippen LogP contribution in [0.15, 0.2) is 82.1 Å². The van der Waals surface area contributed by atoms with E-state index in [0.29, 0.717) is 11.2 Å². The maximum atomic E-state index is 13.4. The molecule has 3 nitrogen and oxygen atoms in total. The highest BCUT2D eigenvalue weighted by Gasteiger charge is 2.21. The smallest absolute Gasteiger partial charge is 0.298 e. The minimum Gasteiger partial charge on any atom is -0.491 e. The van der Waals surface area contributed by atoms with Gasteiger partial charge in [-0.25, -0.2) is 4.39 Å². The molecule has 1 heterocycles. The predicted molar refractivity (Wildman–Crippen MR) is 109 cm³/mol. The van der Waals surface area contributed by atoms with Crippen molar-refractivity contribution >= 4 is 26.8 Å². The third kappa shape index (κ3) is 2.94. The Hall–Kier alpha value is -2.92. The number of nitrogens with zero attached hydrogens (tertiary/aromatic N) is 1. The quantitative estimate of drug-likeness (QED) is 0.431. The molecule has 0 saturated heterocycles. The van der Waals surface area contributed by atoms with Gasteiger partial charge in [-0.2, -0.15) is 0 Å². The van der Waals surface area contributed by atoms with Gasteiger partial charge in [0.25, 0.3) is 5.56 Å². The number of aromatic nitrogens is 1. The molecule has 0 unspecified atom stereocenters. The molecule has 0 atom stereocenters. The van der Waals surface area contributed by atoms with E-state index in [0.717, 1.165) is 21.0 Å². The summed E-state index contributed by atoms with van der Waals surface area (Å²) in [5, 5.41) is 0.851. The molecule has 134 valence electrons. The molecular weight excluding hydrogens is 409 g/mol. The van der Waals surface area contributed by atoms with E-state index in [9.17, 15) is 9.18 Å². The van der Waals surface area contributed by atoms with Gasteiger partial charge in [0, 0.05) is 21.1 Å². The summed E-state index contributed by atoms with van der Waals surface area (Å²) >= 11 is 3.62. The Morgan fingerprint density at radius 2 is 1.63 bits per heavy atom. The highest BCUT2D eigenvalue weighted by atomic mass is 79.9. The minimum atomic E-state index is -0.356. The zero-order valence-electron chi connectivity index (χ0n) is 14.4. The van der Waals surface area contributed by atoms with Crippen LogP contribution < -0.4 is 10.3 Å². The van der Waals surface area contributed by atoms with Gasteiger partial charge in [0.2, 0.25) is 0 Å². The van der Waals surface area contributed by atoms with E-state index < -0.39 is 0 Å². The molecule has 0 aliphatic heterocycles. The zero-order chi connectivity index (χ0) is 19.0. The van der Waals surface area contributed by atoms with Crippen molar-refractivity contribution in [1.82, 2.24) is 4.57 Å². The van der Waals surface area contributed by atoms with Crippen molar-refractivity contribution in [3.63, 3.8) is 0 Å². The number of halogens is 2. The van der Waals surface area contributed by atoms with Crippen molar-refractivity contribution < 1.29 is 9.13 Å².